The fourth-order valence-electron chi connectivity index (χ4n) is 16.7. The maximum Gasteiger partial charge on any atom is 0.305 e. The number of thioether (sulfide) groups is 2. The van der Waals surface area contributed by atoms with Gasteiger partial charge in [-0.15, -0.1) is 11.8 Å². The lowest BCUT2D eigenvalue weighted by Gasteiger charge is -2.38. The molecule has 1 aromatic heterocycles. The molecule has 6 aromatic carbocycles. The first-order valence-corrected chi connectivity index (χ1v) is 47.2. The van der Waals surface area contributed by atoms with Crippen LogP contribution < -0.4 is 53.6 Å². The number of nitrogens with two attached hydrogens (primary N) is 1. The Balaban J connectivity index is 1.06. The summed E-state index contributed by atoms with van der Waals surface area (Å²) in [6.45, 7) is 4.83. The van der Waals surface area contributed by atoms with E-state index in [1.54, 1.807) is 155 Å². The molecule has 39 heteroatoms. The van der Waals surface area contributed by atoms with Crippen molar-refractivity contribution in [3.8, 4) is 11.5 Å². The molecule has 0 bridgehead atoms. The average Bonchev–Trinajstić information content (AvgIpc) is 1.72. The van der Waals surface area contributed by atoms with Gasteiger partial charge in [0.15, 0.2) is 0 Å². The quantitative estimate of drug-likeness (QED) is 0.0423. The van der Waals surface area contributed by atoms with E-state index in [9.17, 15) is 54.3 Å². The number of aliphatic hydroxyl groups excluding tert-OH is 2. The smallest absolute Gasteiger partial charge is 0.305 e. The minimum absolute atomic E-state index is 0.0749. The predicted octanol–water partition coefficient (Wildman–Crippen LogP) is 0.896. The van der Waals surface area contributed by atoms with Crippen molar-refractivity contribution >= 4 is 129 Å². The second kappa shape index (κ2) is 49.0. The third-order valence-electron chi connectivity index (χ3n) is 24.0. The SMILES string of the molecule is CSCC[C@H]1C(=O)N2C[C@H](O)C[C@H]2C(=O)N[C@@H](CC(=O)O)C(=O)N[C@@H](C(C)C)C(=O)N(C)[C@@H](Cc2ccccc2)C(=O)N[C@@H](Cc2ccc(O)cc2)C(=O)N2C[C@H](O)C[C@H]2C(=O)N[C@@H](Cc2c[nH]c3ccccc23)C(=O)N[C@@H](Cc2ccc(O)cc2)C(=O)N[C@@H](CC(C)C)C(=O)N[C@H](C(=O)NCC(N)=O)CSCC(=O)N[C@@H](Cc2ccccc2)C(=O)N(C)[C@@H](Cc2ccccc2)C(=O)N1C. The van der Waals surface area contributed by atoms with Crippen LogP contribution in [0, 0.1) is 11.8 Å². The van der Waals surface area contributed by atoms with Crippen LogP contribution in [0.4, 0.5) is 0 Å². The third kappa shape index (κ3) is 29.1. The van der Waals surface area contributed by atoms with Gasteiger partial charge in [0.2, 0.25) is 88.6 Å². The van der Waals surface area contributed by atoms with Gasteiger partial charge in [0.05, 0.1) is 30.9 Å². The normalized spacial score (nSPS) is 24.5. The minimum atomic E-state index is -2.00. The second-order valence-corrected chi connectivity index (χ2v) is 37.0. The van der Waals surface area contributed by atoms with Crippen molar-refractivity contribution in [1.29, 1.82) is 0 Å². The number of likely N-dealkylation sites (N-methyl/N-ethyl adjacent to an activating group) is 3. The number of H-pyrrole nitrogens is 1. The van der Waals surface area contributed by atoms with Gasteiger partial charge in [0.1, 0.15) is 90.0 Å². The van der Waals surface area contributed by atoms with E-state index in [1.807, 2.05) is 0 Å². The zero-order chi connectivity index (χ0) is 98.0. The number of hydrogen-bond acceptors (Lipinski definition) is 22. The molecule has 0 unspecified atom stereocenters. The van der Waals surface area contributed by atoms with E-state index in [0.29, 0.717) is 44.3 Å². The number of benzene rings is 6. The number of carbonyl (C=O) groups excluding carboxylic acids is 15. The number of primary amides is 1. The van der Waals surface area contributed by atoms with Gasteiger partial charge < -0.3 is 109 Å². The van der Waals surface area contributed by atoms with Crippen molar-refractivity contribution < 1.29 is 102 Å². The first kappa shape index (κ1) is 104. The molecular weight excluding hydrogens is 1780 g/mol. The summed E-state index contributed by atoms with van der Waals surface area (Å²) in [6.07, 6.45) is -3.25. The van der Waals surface area contributed by atoms with Crippen LogP contribution in [-0.2, 0) is 115 Å². The van der Waals surface area contributed by atoms with Gasteiger partial charge in [-0.1, -0.05) is 161 Å². The summed E-state index contributed by atoms with van der Waals surface area (Å²) in [4.78, 5) is 248. The Morgan fingerprint density at radius 2 is 0.919 bits per heavy atom. The highest BCUT2D eigenvalue weighted by molar-refractivity contribution is 8.00. The van der Waals surface area contributed by atoms with Gasteiger partial charge in [-0.3, -0.25) is 76.7 Å². The van der Waals surface area contributed by atoms with Gasteiger partial charge in [0, 0.05) is 108 Å². The summed E-state index contributed by atoms with van der Waals surface area (Å²) in [6, 6.07) is 22.8. The highest BCUT2D eigenvalue weighted by Crippen LogP contribution is 2.29. The topological polar surface area (TPSA) is 541 Å². The molecule has 0 aliphatic carbocycles. The first-order chi connectivity index (χ1) is 64.3. The Hall–Kier alpha value is -13.4. The fraction of sp³-hybridized carbons (Fsp3) is 0.438. The highest BCUT2D eigenvalue weighted by Gasteiger charge is 2.48. The fourth-order valence-corrected chi connectivity index (χ4v) is 18.0. The predicted molar refractivity (Wildman–Crippen MR) is 503 cm³/mol. The molecule has 15 amide bonds. The number of amides is 15. The maximum atomic E-state index is 15.8. The molecule has 0 radical (unpaired) electrons. The van der Waals surface area contributed by atoms with E-state index in [2.05, 4.69) is 52.8 Å². The molecule has 10 rings (SSSR count). The Morgan fingerprint density at radius 1 is 0.474 bits per heavy atom. The van der Waals surface area contributed by atoms with Crippen molar-refractivity contribution in [3.63, 3.8) is 0 Å². The lowest BCUT2D eigenvalue weighted by atomic mass is 9.98. The number of carboxylic acids is 1. The molecule has 722 valence electrons. The molecule has 37 nitrogen and oxygen atoms in total. The van der Waals surface area contributed by atoms with Crippen molar-refractivity contribution in [3.05, 3.63) is 203 Å². The van der Waals surface area contributed by atoms with Gasteiger partial charge in [-0.05, 0) is 100 Å². The number of nitrogens with zero attached hydrogens (tertiary/aromatic N) is 5. The van der Waals surface area contributed by atoms with Gasteiger partial charge in [0.25, 0.3) is 0 Å². The molecule has 17 N–H and O–H groups in total. The zero-order valence-corrected chi connectivity index (χ0v) is 78.0. The van der Waals surface area contributed by atoms with Crippen LogP contribution in [0.25, 0.3) is 10.9 Å². The molecule has 15 atom stereocenters. The second-order valence-electron chi connectivity index (χ2n) is 35.0. The van der Waals surface area contributed by atoms with Gasteiger partial charge in [-0.2, -0.15) is 11.8 Å². The first-order valence-electron chi connectivity index (χ1n) is 44.6. The number of aromatic nitrogens is 1. The number of aromatic hydroxyl groups is 2. The third-order valence-corrected chi connectivity index (χ3v) is 25.7. The summed E-state index contributed by atoms with van der Waals surface area (Å²) in [5, 5.41) is 79.1. The van der Waals surface area contributed by atoms with Crippen LogP contribution in [0.3, 0.4) is 0 Å². The van der Waals surface area contributed by atoms with E-state index in [-0.39, 0.29) is 74.5 Å². The van der Waals surface area contributed by atoms with Crippen molar-refractivity contribution in [2.75, 3.05) is 64.3 Å². The number of carbonyl (C=O) groups is 16. The molecule has 3 fully saturated rings. The highest BCUT2D eigenvalue weighted by atomic mass is 32.2. The average molecular weight is 1900 g/mol. The van der Waals surface area contributed by atoms with Gasteiger partial charge >= 0.3 is 5.97 Å². The van der Waals surface area contributed by atoms with E-state index >= 15 is 47.9 Å². The minimum Gasteiger partial charge on any atom is -0.508 e. The van der Waals surface area contributed by atoms with Crippen molar-refractivity contribution in [2.24, 2.45) is 17.6 Å². The number of phenolic OH excluding ortho intramolecular Hbond substituents is 2. The molecule has 3 saturated heterocycles. The lowest BCUT2D eigenvalue weighted by molar-refractivity contribution is -0.152. The number of aliphatic carboxylic acids is 1. The number of para-hydroxylation sites is 1. The number of hydrogen-bond donors (Lipinski definition) is 16. The number of fused-ring (bicyclic) bond motifs is 3. The monoisotopic (exact) mass is 1900 g/mol. The van der Waals surface area contributed by atoms with Crippen LogP contribution in [0.15, 0.2) is 170 Å². The Labute approximate surface area is 790 Å². The summed E-state index contributed by atoms with van der Waals surface area (Å²) in [7, 11) is 3.94. The molecule has 3 aliphatic heterocycles. The molecule has 0 spiro atoms. The van der Waals surface area contributed by atoms with Crippen LogP contribution in [0.5, 0.6) is 11.5 Å². The molecule has 0 saturated carbocycles. The summed E-state index contributed by atoms with van der Waals surface area (Å²) >= 11 is 2.12. The maximum absolute atomic E-state index is 15.8. The largest absolute Gasteiger partial charge is 0.508 e. The summed E-state index contributed by atoms with van der Waals surface area (Å²) in [5.41, 5.74) is 8.90. The van der Waals surface area contributed by atoms with E-state index in [1.165, 1.54) is 81.4 Å². The molecule has 4 heterocycles. The number of phenols is 2. The molecule has 3 aliphatic rings. The van der Waals surface area contributed by atoms with Gasteiger partial charge in [-0.25, -0.2) is 0 Å². The van der Waals surface area contributed by atoms with Crippen LogP contribution in [0.2, 0.25) is 0 Å². The van der Waals surface area contributed by atoms with Crippen LogP contribution >= 0.6 is 23.5 Å². The van der Waals surface area contributed by atoms with Crippen molar-refractivity contribution in [2.45, 2.75) is 189 Å². The molecular formula is C96H120N16O21S2. The molecule has 7 aromatic rings. The summed E-state index contributed by atoms with van der Waals surface area (Å²) in [5.74, 6) is -18.2. The Bertz CT molecular complexity index is 5350. The summed E-state index contributed by atoms with van der Waals surface area (Å²) < 4.78 is 0. The lowest BCUT2D eigenvalue weighted by Crippen LogP contribution is -2.62. The van der Waals surface area contributed by atoms with E-state index < -0.39 is 242 Å². The van der Waals surface area contributed by atoms with Crippen LogP contribution in [-0.4, -0.2) is 305 Å². The standard InChI is InChI=1S/C96H120N16O21S2/c1-54(2)38-68-85(122)106-74(84(121)99-49-80(97)117)52-135-53-81(118)100-72(40-56-20-12-9-13-21-56)92(129)110(7)79(43-58-24-16-11-17-25-58)94(131)108(5)75(36-37-134-8)95(132)112-51-65(116)46-78(112)91(128)104-71(47-82(119)120)88(125)107-83(55(3)4)96(133)109(6)76(42-57-22-14-10-15-23-57)89(126)105-73(41-60-30-34-63(114)35-31-60)93(130)111-50-64(115)45-77(111)90(127)103-70(44-61-48-98-67-27-19-18-26-66(61)67)87(124)102-69(86(123)101-68)39-59-28-32-62(113)33-29-59/h9-35,48,54-55,64-65,68-79,83,98,113-116H,36-47,49-53H2,1-8H3,(H2,97,117)(H,99,121)(H,100,118)(H,101,123)(H,102,124)(H,103,127)(H,104,128)(H,105,126)(H,106,122)(H,107,125)(H,119,120)/t64-,65-,68+,69+,70+,71+,72+,73+,74+,75+,76+,77+,78+,79+,83+/m1/s1. The molecule has 135 heavy (non-hydrogen) atoms. The van der Waals surface area contributed by atoms with Crippen LogP contribution in [0.1, 0.15) is 93.2 Å². The Kier molecular flexibility index (Phi) is 37.6. The van der Waals surface area contributed by atoms with Crippen molar-refractivity contribution in [1.82, 2.24) is 77.3 Å². The number of aromatic amines is 1. The number of aliphatic hydroxyl groups is 2. The van der Waals surface area contributed by atoms with E-state index in [0.717, 1.165) is 36.3 Å². The number of rotatable bonds is 23. The number of carboxylic acid groups (broad SMARTS) is 1. The zero-order valence-electron chi connectivity index (χ0n) is 76.4. The number of nitrogens with one attached hydrogen (secondary N) is 10. The Morgan fingerprint density at radius 3 is 1.45 bits per heavy atom. The van der Waals surface area contributed by atoms with E-state index in [4.69, 9.17) is 5.73 Å².